The van der Waals surface area contributed by atoms with Gasteiger partial charge >= 0.3 is 0 Å². The summed E-state index contributed by atoms with van der Waals surface area (Å²) in [7, 11) is 0. The first kappa shape index (κ1) is 12.7. The van der Waals surface area contributed by atoms with E-state index in [1.165, 1.54) is 10.8 Å². The predicted octanol–water partition coefficient (Wildman–Crippen LogP) is 4.03. The Bertz CT molecular complexity index is 942. The van der Waals surface area contributed by atoms with Crippen LogP contribution in [0.1, 0.15) is 5.56 Å². The summed E-state index contributed by atoms with van der Waals surface area (Å²) in [5.74, 6) is 1.12. The Labute approximate surface area is 127 Å². The zero-order valence-corrected chi connectivity index (χ0v) is 11.9. The average molecular weight is 289 g/mol. The fourth-order valence-electron chi connectivity index (χ4n) is 2.65. The lowest BCUT2D eigenvalue weighted by Gasteiger charge is -2.06. The van der Waals surface area contributed by atoms with Gasteiger partial charge in [0.1, 0.15) is 11.6 Å². The van der Waals surface area contributed by atoms with Gasteiger partial charge in [0.05, 0.1) is 11.7 Å². The monoisotopic (exact) mass is 289 g/mol. The van der Waals surface area contributed by atoms with Crippen molar-refractivity contribution in [3.63, 3.8) is 0 Å². The third kappa shape index (κ3) is 2.24. The maximum absolute atomic E-state index is 9.30. The van der Waals surface area contributed by atoms with Gasteiger partial charge in [-0.1, -0.05) is 30.3 Å². The van der Waals surface area contributed by atoms with Gasteiger partial charge in [-0.25, -0.2) is 4.98 Å². The molecular formula is C18H15N3O. The van der Waals surface area contributed by atoms with Gasteiger partial charge < -0.3 is 15.4 Å². The Balaban J connectivity index is 1.64. The number of para-hydroxylation sites is 1. The molecule has 4 aromatic rings. The fraction of sp³-hybridized carbons (Fsp3) is 0.0556. The van der Waals surface area contributed by atoms with Gasteiger partial charge in [-0.15, -0.1) is 0 Å². The SMILES string of the molecule is Oc1ccc(CNc2cc3c(cn2)[nH]c2ccccc23)cc1. The zero-order valence-electron chi connectivity index (χ0n) is 11.9. The number of aromatic amines is 1. The molecule has 0 amide bonds. The summed E-state index contributed by atoms with van der Waals surface area (Å²) in [5, 5.41) is 15.0. The second-order valence-corrected chi connectivity index (χ2v) is 5.31. The Hall–Kier alpha value is -3.01. The van der Waals surface area contributed by atoms with Gasteiger partial charge in [-0.05, 0) is 29.8 Å². The Morgan fingerprint density at radius 3 is 2.64 bits per heavy atom. The van der Waals surface area contributed by atoms with E-state index < -0.39 is 0 Å². The lowest BCUT2D eigenvalue weighted by molar-refractivity contribution is 0.475. The molecule has 0 bridgehead atoms. The van der Waals surface area contributed by atoms with Crippen molar-refractivity contribution in [1.29, 1.82) is 0 Å². The minimum Gasteiger partial charge on any atom is -0.508 e. The van der Waals surface area contributed by atoms with Gasteiger partial charge in [-0.2, -0.15) is 0 Å². The van der Waals surface area contributed by atoms with Gasteiger partial charge in [0.15, 0.2) is 0 Å². The van der Waals surface area contributed by atoms with Crippen molar-refractivity contribution >= 4 is 27.6 Å². The molecule has 0 unspecified atom stereocenters. The highest BCUT2D eigenvalue weighted by molar-refractivity contribution is 6.07. The Morgan fingerprint density at radius 2 is 1.77 bits per heavy atom. The number of fused-ring (bicyclic) bond motifs is 3. The van der Waals surface area contributed by atoms with Gasteiger partial charge in [0.25, 0.3) is 0 Å². The van der Waals surface area contributed by atoms with Crippen LogP contribution in [-0.2, 0) is 6.54 Å². The quantitative estimate of drug-likeness (QED) is 0.533. The summed E-state index contributed by atoms with van der Waals surface area (Å²) in [5.41, 5.74) is 3.25. The van der Waals surface area contributed by atoms with E-state index in [-0.39, 0.29) is 5.75 Å². The second kappa shape index (κ2) is 5.07. The topological polar surface area (TPSA) is 60.9 Å². The minimum absolute atomic E-state index is 0.280. The van der Waals surface area contributed by atoms with E-state index in [1.54, 1.807) is 12.1 Å². The van der Waals surface area contributed by atoms with E-state index in [4.69, 9.17) is 0 Å². The standard InChI is InChI=1S/C18H15N3O/c22-13-7-5-12(6-8-13)10-19-18-9-15-14-3-1-2-4-16(14)21-17(15)11-20-18/h1-9,11,21-22H,10H2,(H,19,20). The number of aromatic hydroxyl groups is 1. The van der Waals surface area contributed by atoms with Gasteiger partial charge in [0.2, 0.25) is 0 Å². The maximum atomic E-state index is 9.30. The molecule has 0 fully saturated rings. The molecule has 0 atom stereocenters. The predicted molar refractivity (Wildman–Crippen MR) is 89.0 cm³/mol. The number of hydrogen-bond donors (Lipinski definition) is 3. The molecule has 0 aliphatic heterocycles. The average Bonchev–Trinajstić information content (AvgIpc) is 2.92. The Kier molecular flexibility index (Phi) is 2.93. The van der Waals surface area contributed by atoms with Gasteiger partial charge in [0, 0.05) is 22.8 Å². The molecule has 108 valence electrons. The molecule has 3 N–H and O–H groups in total. The number of phenolic OH excluding ortho intramolecular Hbond substituents is 1. The molecule has 0 radical (unpaired) electrons. The van der Waals surface area contributed by atoms with E-state index in [0.29, 0.717) is 6.54 Å². The fourth-order valence-corrected chi connectivity index (χ4v) is 2.65. The van der Waals surface area contributed by atoms with Crippen molar-refractivity contribution in [1.82, 2.24) is 9.97 Å². The lowest BCUT2D eigenvalue weighted by atomic mass is 10.2. The first-order chi connectivity index (χ1) is 10.8. The number of aromatic nitrogens is 2. The molecule has 0 aliphatic carbocycles. The first-order valence-corrected chi connectivity index (χ1v) is 7.18. The number of anilines is 1. The smallest absolute Gasteiger partial charge is 0.126 e. The van der Waals surface area contributed by atoms with Crippen molar-refractivity contribution in [2.45, 2.75) is 6.54 Å². The Morgan fingerprint density at radius 1 is 0.955 bits per heavy atom. The number of benzene rings is 2. The molecule has 4 heteroatoms. The molecule has 0 saturated heterocycles. The van der Waals surface area contributed by atoms with Crippen LogP contribution in [0.4, 0.5) is 5.82 Å². The molecule has 2 aromatic heterocycles. The van der Waals surface area contributed by atoms with Crippen LogP contribution in [-0.4, -0.2) is 15.1 Å². The van der Waals surface area contributed by atoms with Crippen LogP contribution in [0.5, 0.6) is 5.75 Å². The molecule has 0 spiro atoms. The highest BCUT2D eigenvalue weighted by Gasteiger charge is 2.05. The summed E-state index contributed by atoms with van der Waals surface area (Å²) >= 11 is 0. The summed E-state index contributed by atoms with van der Waals surface area (Å²) in [4.78, 5) is 7.81. The molecule has 0 saturated carbocycles. The minimum atomic E-state index is 0.280. The van der Waals surface area contributed by atoms with Crippen molar-refractivity contribution in [2.75, 3.05) is 5.32 Å². The van der Waals surface area contributed by atoms with Crippen LogP contribution in [0, 0.1) is 0 Å². The van der Waals surface area contributed by atoms with Crippen molar-refractivity contribution in [3.05, 3.63) is 66.4 Å². The van der Waals surface area contributed by atoms with Crippen LogP contribution in [0.3, 0.4) is 0 Å². The molecule has 4 nitrogen and oxygen atoms in total. The first-order valence-electron chi connectivity index (χ1n) is 7.18. The number of pyridine rings is 1. The highest BCUT2D eigenvalue weighted by atomic mass is 16.3. The number of H-pyrrole nitrogens is 1. The number of phenols is 1. The molecule has 4 rings (SSSR count). The van der Waals surface area contributed by atoms with E-state index in [1.807, 2.05) is 30.5 Å². The van der Waals surface area contributed by atoms with Crippen molar-refractivity contribution < 1.29 is 5.11 Å². The lowest BCUT2D eigenvalue weighted by Crippen LogP contribution is -2.00. The van der Waals surface area contributed by atoms with Crippen LogP contribution < -0.4 is 5.32 Å². The molecule has 2 heterocycles. The summed E-state index contributed by atoms with van der Waals surface area (Å²) in [6, 6.07) is 17.5. The van der Waals surface area contributed by atoms with Crippen LogP contribution >= 0.6 is 0 Å². The van der Waals surface area contributed by atoms with Crippen molar-refractivity contribution in [2.24, 2.45) is 0 Å². The van der Waals surface area contributed by atoms with Crippen molar-refractivity contribution in [3.8, 4) is 5.75 Å². The normalized spacial score (nSPS) is 11.1. The summed E-state index contributed by atoms with van der Waals surface area (Å²) in [6.45, 7) is 0.668. The van der Waals surface area contributed by atoms with E-state index >= 15 is 0 Å². The third-order valence-corrected chi connectivity index (χ3v) is 3.80. The maximum Gasteiger partial charge on any atom is 0.126 e. The summed E-state index contributed by atoms with van der Waals surface area (Å²) < 4.78 is 0. The van der Waals surface area contributed by atoms with Crippen LogP contribution in [0.25, 0.3) is 21.8 Å². The number of rotatable bonds is 3. The molecule has 22 heavy (non-hydrogen) atoms. The molecule has 0 aliphatic rings. The van der Waals surface area contributed by atoms with Crippen LogP contribution in [0.15, 0.2) is 60.8 Å². The molecule has 2 aromatic carbocycles. The number of nitrogens with zero attached hydrogens (tertiary/aromatic N) is 1. The van der Waals surface area contributed by atoms with E-state index in [0.717, 1.165) is 22.4 Å². The van der Waals surface area contributed by atoms with Gasteiger partial charge in [-0.3, -0.25) is 0 Å². The third-order valence-electron chi connectivity index (χ3n) is 3.80. The van der Waals surface area contributed by atoms with E-state index in [9.17, 15) is 5.11 Å². The second-order valence-electron chi connectivity index (χ2n) is 5.31. The van der Waals surface area contributed by atoms with E-state index in [2.05, 4.69) is 33.5 Å². The van der Waals surface area contributed by atoms with Crippen LogP contribution in [0.2, 0.25) is 0 Å². The molecular weight excluding hydrogens is 274 g/mol. The largest absolute Gasteiger partial charge is 0.508 e. The number of nitrogens with one attached hydrogen (secondary N) is 2. The summed E-state index contributed by atoms with van der Waals surface area (Å²) in [6.07, 6.45) is 1.86. The number of hydrogen-bond acceptors (Lipinski definition) is 3. The highest BCUT2D eigenvalue weighted by Crippen LogP contribution is 2.26. The zero-order chi connectivity index (χ0) is 14.9.